The van der Waals surface area contributed by atoms with E-state index in [0.29, 0.717) is 6.61 Å². The van der Waals surface area contributed by atoms with Gasteiger partial charge in [-0.1, -0.05) is 39.0 Å². The van der Waals surface area contributed by atoms with Crippen LogP contribution in [0.2, 0.25) is 0 Å². The Morgan fingerprint density at radius 1 is 0.786 bits per heavy atom. The third kappa shape index (κ3) is 12.3. The topological polar surface area (TPSA) is 20.2 Å². The first kappa shape index (κ1) is 14.3. The highest BCUT2D eigenvalue weighted by atomic mass is 32.2. The van der Waals surface area contributed by atoms with Crippen molar-refractivity contribution in [3.63, 3.8) is 0 Å². The van der Waals surface area contributed by atoms with Gasteiger partial charge in [0, 0.05) is 6.61 Å². The number of thioether (sulfide) groups is 1. The smallest absolute Gasteiger partial charge is 0.0431 e. The van der Waals surface area contributed by atoms with E-state index < -0.39 is 0 Å². The van der Waals surface area contributed by atoms with Crippen molar-refractivity contribution in [2.75, 3.05) is 18.1 Å². The van der Waals surface area contributed by atoms with Crippen LogP contribution in [0.15, 0.2) is 0 Å². The summed E-state index contributed by atoms with van der Waals surface area (Å²) in [7, 11) is 0. The molecule has 0 aromatic carbocycles. The second kappa shape index (κ2) is 13.3. The van der Waals surface area contributed by atoms with Gasteiger partial charge in [-0.15, -0.1) is 0 Å². The molecule has 0 rings (SSSR count). The molecule has 0 amide bonds. The molecule has 0 aliphatic heterocycles. The first-order valence-corrected chi connectivity index (χ1v) is 7.26. The lowest BCUT2D eigenvalue weighted by molar-refractivity contribution is 0.282. The average Bonchev–Trinajstić information content (AvgIpc) is 2.21. The maximum atomic E-state index is 8.59. The molecule has 0 atom stereocenters. The molecule has 0 radical (unpaired) electrons. The van der Waals surface area contributed by atoms with Gasteiger partial charge in [0.1, 0.15) is 0 Å². The van der Waals surface area contributed by atoms with Crippen LogP contribution in [0.25, 0.3) is 0 Å². The molecule has 1 nitrogen and oxygen atoms in total. The molecule has 0 saturated carbocycles. The largest absolute Gasteiger partial charge is 0.396 e. The molecule has 0 aliphatic rings. The van der Waals surface area contributed by atoms with Gasteiger partial charge in [-0.2, -0.15) is 11.8 Å². The number of rotatable bonds is 11. The quantitative estimate of drug-likeness (QED) is 0.532. The Balaban J connectivity index is 2.78. The highest BCUT2D eigenvalue weighted by Gasteiger charge is 1.91. The monoisotopic (exact) mass is 218 g/mol. The van der Waals surface area contributed by atoms with Gasteiger partial charge >= 0.3 is 0 Å². The number of aliphatic hydroxyl groups is 1. The summed E-state index contributed by atoms with van der Waals surface area (Å²) < 4.78 is 0. The Hall–Kier alpha value is 0.310. The molecule has 0 saturated heterocycles. The van der Waals surface area contributed by atoms with E-state index >= 15 is 0 Å². The molecular weight excluding hydrogens is 192 g/mol. The van der Waals surface area contributed by atoms with Crippen LogP contribution in [0.4, 0.5) is 0 Å². The lowest BCUT2D eigenvalue weighted by atomic mass is 10.1. The van der Waals surface area contributed by atoms with Gasteiger partial charge in [-0.25, -0.2) is 0 Å². The summed E-state index contributed by atoms with van der Waals surface area (Å²) in [6, 6.07) is 0. The van der Waals surface area contributed by atoms with Crippen LogP contribution in [0.5, 0.6) is 0 Å². The molecule has 0 fully saturated rings. The van der Waals surface area contributed by atoms with Crippen molar-refractivity contribution in [3.8, 4) is 0 Å². The van der Waals surface area contributed by atoms with Gasteiger partial charge in [0.15, 0.2) is 0 Å². The predicted molar refractivity (Wildman–Crippen MR) is 67.0 cm³/mol. The molecule has 0 aromatic rings. The highest BCUT2D eigenvalue weighted by Crippen LogP contribution is 2.10. The van der Waals surface area contributed by atoms with Crippen LogP contribution in [0.1, 0.15) is 58.3 Å². The van der Waals surface area contributed by atoms with E-state index in [1.54, 1.807) is 0 Å². The Bertz CT molecular complexity index is 84.3. The molecule has 0 spiro atoms. The van der Waals surface area contributed by atoms with Gasteiger partial charge < -0.3 is 5.11 Å². The molecular formula is C12H26OS. The van der Waals surface area contributed by atoms with Crippen molar-refractivity contribution in [2.24, 2.45) is 0 Å². The number of hydrogen-bond acceptors (Lipinski definition) is 2. The fourth-order valence-electron chi connectivity index (χ4n) is 1.37. The number of unbranched alkanes of at least 4 members (excludes halogenated alkanes) is 6. The zero-order chi connectivity index (χ0) is 10.5. The maximum Gasteiger partial charge on any atom is 0.0431 e. The van der Waals surface area contributed by atoms with Gasteiger partial charge in [0.05, 0.1) is 0 Å². The highest BCUT2D eigenvalue weighted by molar-refractivity contribution is 7.99. The molecule has 2 heteroatoms. The van der Waals surface area contributed by atoms with Crippen molar-refractivity contribution in [3.05, 3.63) is 0 Å². The molecule has 0 bridgehead atoms. The summed E-state index contributed by atoms with van der Waals surface area (Å²) in [5.74, 6) is 2.70. The van der Waals surface area contributed by atoms with Crippen LogP contribution >= 0.6 is 11.8 Å². The zero-order valence-electron chi connectivity index (χ0n) is 9.63. The summed E-state index contributed by atoms with van der Waals surface area (Å²) in [5.41, 5.74) is 0. The van der Waals surface area contributed by atoms with Crippen molar-refractivity contribution in [2.45, 2.75) is 58.3 Å². The lowest BCUT2D eigenvalue weighted by Crippen LogP contribution is -1.86. The second-order valence-electron chi connectivity index (χ2n) is 3.81. The Labute approximate surface area is 93.7 Å². The van der Waals surface area contributed by atoms with Crippen LogP contribution in [0.3, 0.4) is 0 Å². The Morgan fingerprint density at radius 3 is 2.00 bits per heavy atom. The van der Waals surface area contributed by atoms with Crippen LogP contribution in [-0.4, -0.2) is 23.2 Å². The fraction of sp³-hybridized carbons (Fsp3) is 1.00. The molecule has 0 aliphatic carbocycles. The molecule has 1 N–H and O–H groups in total. The summed E-state index contributed by atoms with van der Waals surface area (Å²) >= 11 is 2.11. The van der Waals surface area contributed by atoms with Gasteiger partial charge in [0.25, 0.3) is 0 Å². The van der Waals surface area contributed by atoms with Crippen molar-refractivity contribution >= 4 is 11.8 Å². The standard InChI is InChI=1S/C12H26OS/c1-2-3-11-14-12-9-7-5-4-6-8-10-13/h13H,2-12H2,1H3. The molecule has 14 heavy (non-hydrogen) atoms. The van der Waals surface area contributed by atoms with E-state index in [-0.39, 0.29) is 0 Å². The fourth-order valence-corrected chi connectivity index (χ4v) is 2.48. The minimum Gasteiger partial charge on any atom is -0.396 e. The normalized spacial score (nSPS) is 10.7. The number of hydrogen-bond donors (Lipinski definition) is 1. The minimum absolute atomic E-state index is 0.368. The van der Waals surface area contributed by atoms with Gasteiger partial charge in [-0.3, -0.25) is 0 Å². The Kier molecular flexibility index (Phi) is 13.6. The first-order chi connectivity index (χ1) is 6.91. The minimum atomic E-state index is 0.368. The van der Waals surface area contributed by atoms with Crippen LogP contribution < -0.4 is 0 Å². The summed E-state index contributed by atoms with van der Waals surface area (Å²) in [5, 5.41) is 8.59. The average molecular weight is 218 g/mol. The second-order valence-corrected chi connectivity index (χ2v) is 5.04. The molecule has 0 heterocycles. The van der Waals surface area contributed by atoms with E-state index in [4.69, 9.17) is 5.11 Å². The SMILES string of the molecule is CCCCSCCCCCCCCO. The number of aliphatic hydroxyl groups excluding tert-OH is 1. The van der Waals surface area contributed by atoms with Crippen LogP contribution in [0, 0.1) is 0 Å². The third-order valence-corrected chi connectivity index (χ3v) is 3.49. The third-order valence-electron chi connectivity index (χ3n) is 2.34. The van der Waals surface area contributed by atoms with Gasteiger partial charge in [-0.05, 0) is 30.8 Å². The van der Waals surface area contributed by atoms with E-state index in [1.807, 2.05) is 0 Å². The molecule has 86 valence electrons. The Morgan fingerprint density at radius 2 is 1.36 bits per heavy atom. The van der Waals surface area contributed by atoms with E-state index in [0.717, 1.165) is 6.42 Å². The summed E-state index contributed by atoms with van der Waals surface area (Å²) in [6.07, 6.45) is 10.3. The maximum absolute atomic E-state index is 8.59. The predicted octanol–water partition coefficient (Wildman–Crippen LogP) is 3.85. The van der Waals surface area contributed by atoms with E-state index in [9.17, 15) is 0 Å². The van der Waals surface area contributed by atoms with Crippen molar-refractivity contribution in [1.29, 1.82) is 0 Å². The van der Waals surface area contributed by atoms with E-state index in [1.165, 1.54) is 56.5 Å². The van der Waals surface area contributed by atoms with Crippen LogP contribution in [-0.2, 0) is 0 Å². The van der Waals surface area contributed by atoms with E-state index in [2.05, 4.69) is 18.7 Å². The molecule has 0 unspecified atom stereocenters. The van der Waals surface area contributed by atoms with Crippen molar-refractivity contribution < 1.29 is 5.11 Å². The summed E-state index contributed by atoms with van der Waals surface area (Å²) in [6.45, 7) is 2.62. The lowest BCUT2D eigenvalue weighted by Gasteiger charge is -2.01. The summed E-state index contributed by atoms with van der Waals surface area (Å²) in [4.78, 5) is 0. The molecule has 0 aromatic heterocycles. The van der Waals surface area contributed by atoms with Gasteiger partial charge in [0.2, 0.25) is 0 Å². The zero-order valence-corrected chi connectivity index (χ0v) is 10.5. The van der Waals surface area contributed by atoms with Crippen molar-refractivity contribution in [1.82, 2.24) is 0 Å². The first-order valence-electron chi connectivity index (χ1n) is 6.10.